The number of rotatable bonds is 5. The van der Waals surface area contributed by atoms with Crippen molar-refractivity contribution < 1.29 is 9.90 Å². The molecule has 1 aromatic heterocycles. The van der Waals surface area contributed by atoms with E-state index in [1.807, 2.05) is 13.8 Å². The second-order valence-corrected chi connectivity index (χ2v) is 4.57. The normalized spacial score (nSPS) is 14.2. The molecule has 0 radical (unpaired) electrons. The molecule has 16 heavy (non-hydrogen) atoms. The Balaban J connectivity index is 2.58. The summed E-state index contributed by atoms with van der Waals surface area (Å²) in [6.45, 7) is 3.80. The Morgan fingerprint density at radius 1 is 1.62 bits per heavy atom. The molecule has 0 saturated carbocycles. The number of aliphatic hydroxyl groups is 1. The van der Waals surface area contributed by atoms with Crippen LogP contribution in [0.25, 0.3) is 0 Å². The molecule has 0 spiro atoms. The van der Waals surface area contributed by atoms with Crippen LogP contribution in [0.2, 0.25) is 0 Å². The SMILES string of the molecule is CNc1nc(C(=O)NC(C)C(C)CO)cs1. The van der Waals surface area contributed by atoms with Crippen molar-refractivity contribution in [3.63, 3.8) is 0 Å². The Morgan fingerprint density at radius 3 is 2.81 bits per heavy atom. The summed E-state index contributed by atoms with van der Waals surface area (Å²) in [6.07, 6.45) is 0. The summed E-state index contributed by atoms with van der Waals surface area (Å²) in [5.41, 5.74) is 0.409. The van der Waals surface area contributed by atoms with Crippen LogP contribution in [0.4, 0.5) is 5.13 Å². The molecule has 0 aliphatic carbocycles. The average molecular weight is 243 g/mol. The minimum absolute atomic E-state index is 0.0337. The van der Waals surface area contributed by atoms with Crippen LogP contribution < -0.4 is 10.6 Å². The van der Waals surface area contributed by atoms with E-state index in [1.165, 1.54) is 11.3 Å². The summed E-state index contributed by atoms with van der Waals surface area (Å²) in [4.78, 5) is 15.8. The van der Waals surface area contributed by atoms with Gasteiger partial charge in [0.25, 0.3) is 5.91 Å². The van der Waals surface area contributed by atoms with E-state index < -0.39 is 0 Å². The first-order valence-corrected chi connectivity index (χ1v) is 6.01. The highest BCUT2D eigenvalue weighted by Crippen LogP contribution is 2.14. The number of carbonyl (C=O) groups excluding carboxylic acids is 1. The highest BCUT2D eigenvalue weighted by atomic mass is 32.1. The zero-order valence-corrected chi connectivity index (χ0v) is 10.5. The quantitative estimate of drug-likeness (QED) is 0.719. The molecular formula is C10H17N3O2S. The van der Waals surface area contributed by atoms with E-state index in [0.717, 1.165) is 0 Å². The monoisotopic (exact) mass is 243 g/mol. The highest BCUT2D eigenvalue weighted by Gasteiger charge is 2.16. The number of aromatic nitrogens is 1. The largest absolute Gasteiger partial charge is 0.396 e. The standard InChI is InChI=1S/C10H17N3O2S/c1-6(4-14)7(2)12-9(15)8-5-16-10(11-3)13-8/h5-7,14H,4H2,1-3H3,(H,11,13)(H,12,15). The van der Waals surface area contributed by atoms with Crippen LogP contribution >= 0.6 is 11.3 Å². The average Bonchev–Trinajstić information content (AvgIpc) is 2.76. The van der Waals surface area contributed by atoms with Crippen LogP contribution in [0.15, 0.2) is 5.38 Å². The molecule has 1 rings (SSSR count). The van der Waals surface area contributed by atoms with Gasteiger partial charge in [-0.05, 0) is 12.8 Å². The molecule has 90 valence electrons. The second kappa shape index (κ2) is 5.81. The molecule has 0 bridgehead atoms. The Kier molecular flexibility index (Phi) is 4.70. The van der Waals surface area contributed by atoms with Crippen molar-refractivity contribution in [3.05, 3.63) is 11.1 Å². The van der Waals surface area contributed by atoms with Crippen LogP contribution in [0.3, 0.4) is 0 Å². The van der Waals surface area contributed by atoms with Gasteiger partial charge < -0.3 is 15.7 Å². The Bertz CT molecular complexity index is 354. The van der Waals surface area contributed by atoms with Gasteiger partial charge in [0.15, 0.2) is 5.13 Å². The molecule has 1 heterocycles. The first kappa shape index (κ1) is 12.9. The van der Waals surface area contributed by atoms with Crippen molar-refractivity contribution in [2.24, 2.45) is 5.92 Å². The summed E-state index contributed by atoms with van der Waals surface area (Å²) in [5, 5.41) is 17.1. The number of nitrogens with one attached hydrogen (secondary N) is 2. The number of carbonyl (C=O) groups is 1. The van der Waals surface area contributed by atoms with Gasteiger partial charge in [-0.2, -0.15) is 0 Å². The van der Waals surface area contributed by atoms with E-state index in [2.05, 4.69) is 15.6 Å². The fraction of sp³-hybridized carbons (Fsp3) is 0.600. The van der Waals surface area contributed by atoms with E-state index >= 15 is 0 Å². The molecule has 1 amide bonds. The zero-order chi connectivity index (χ0) is 12.1. The van der Waals surface area contributed by atoms with Crippen LogP contribution in [0, 0.1) is 5.92 Å². The predicted molar refractivity (Wildman–Crippen MR) is 64.8 cm³/mol. The van der Waals surface area contributed by atoms with Crippen molar-refractivity contribution in [2.45, 2.75) is 19.9 Å². The molecule has 2 atom stereocenters. The zero-order valence-electron chi connectivity index (χ0n) is 9.65. The molecule has 0 fully saturated rings. The molecule has 0 aromatic carbocycles. The van der Waals surface area contributed by atoms with E-state index in [0.29, 0.717) is 10.8 Å². The smallest absolute Gasteiger partial charge is 0.271 e. The summed E-state index contributed by atoms with van der Waals surface area (Å²) in [7, 11) is 1.76. The maximum Gasteiger partial charge on any atom is 0.271 e. The fourth-order valence-corrected chi connectivity index (χ4v) is 1.73. The third-order valence-corrected chi connectivity index (χ3v) is 3.31. The van der Waals surface area contributed by atoms with Gasteiger partial charge in [0.1, 0.15) is 5.69 Å². The van der Waals surface area contributed by atoms with Crippen LogP contribution in [-0.4, -0.2) is 35.7 Å². The van der Waals surface area contributed by atoms with E-state index in [1.54, 1.807) is 12.4 Å². The van der Waals surface area contributed by atoms with Crippen molar-refractivity contribution in [3.8, 4) is 0 Å². The van der Waals surface area contributed by atoms with E-state index in [4.69, 9.17) is 5.11 Å². The highest BCUT2D eigenvalue weighted by molar-refractivity contribution is 7.13. The lowest BCUT2D eigenvalue weighted by atomic mass is 10.1. The first-order valence-electron chi connectivity index (χ1n) is 5.13. The Labute approximate surface area is 98.9 Å². The molecule has 0 aliphatic heterocycles. The van der Waals surface area contributed by atoms with Gasteiger partial charge in [-0.3, -0.25) is 4.79 Å². The predicted octanol–water partition coefficient (Wildman–Crippen LogP) is 0.931. The van der Waals surface area contributed by atoms with E-state index in [-0.39, 0.29) is 24.5 Å². The number of nitrogens with zero attached hydrogens (tertiary/aromatic N) is 1. The van der Waals surface area contributed by atoms with Gasteiger partial charge in [0.2, 0.25) is 0 Å². The first-order chi connectivity index (χ1) is 7.58. The van der Waals surface area contributed by atoms with Gasteiger partial charge in [0.05, 0.1) is 0 Å². The number of hydrogen-bond donors (Lipinski definition) is 3. The van der Waals surface area contributed by atoms with Crippen LogP contribution in [0.1, 0.15) is 24.3 Å². The molecule has 3 N–H and O–H groups in total. The molecule has 0 saturated heterocycles. The van der Waals surface area contributed by atoms with Gasteiger partial charge in [-0.15, -0.1) is 11.3 Å². The molecule has 6 heteroatoms. The van der Waals surface area contributed by atoms with Gasteiger partial charge in [-0.25, -0.2) is 4.98 Å². The fourth-order valence-electron chi connectivity index (χ4n) is 1.07. The Hall–Kier alpha value is -1.14. The summed E-state index contributed by atoms with van der Waals surface area (Å²) in [6, 6.07) is -0.0720. The topological polar surface area (TPSA) is 74.2 Å². The van der Waals surface area contributed by atoms with Gasteiger partial charge >= 0.3 is 0 Å². The lowest BCUT2D eigenvalue weighted by Crippen LogP contribution is -2.38. The molecule has 0 aliphatic rings. The number of thiazole rings is 1. The number of hydrogen-bond acceptors (Lipinski definition) is 5. The maximum absolute atomic E-state index is 11.7. The summed E-state index contributed by atoms with van der Waals surface area (Å²) < 4.78 is 0. The van der Waals surface area contributed by atoms with Gasteiger partial charge in [0, 0.05) is 25.1 Å². The number of aliphatic hydroxyl groups excluding tert-OH is 1. The van der Waals surface area contributed by atoms with Gasteiger partial charge in [-0.1, -0.05) is 6.92 Å². The van der Waals surface area contributed by atoms with Crippen LogP contribution in [0.5, 0.6) is 0 Å². The van der Waals surface area contributed by atoms with E-state index in [9.17, 15) is 4.79 Å². The minimum Gasteiger partial charge on any atom is -0.396 e. The molecular weight excluding hydrogens is 226 g/mol. The number of amides is 1. The Morgan fingerprint density at radius 2 is 2.31 bits per heavy atom. The number of anilines is 1. The van der Waals surface area contributed by atoms with Crippen LogP contribution in [-0.2, 0) is 0 Å². The third-order valence-electron chi connectivity index (χ3n) is 2.45. The summed E-state index contributed by atoms with van der Waals surface area (Å²) >= 11 is 1.39. The second-order valence-electron chi connectivity index (χ2n) is 3.71. The maximum atomic E-state index is 11.7. The lowest BCUT2D eigenvalue weighted by molar-refractivity contribution is 0.0912. The van der Waals surface area contributed by atoms with Crippen molar-refractivity contribution >= 4 is 22.4 Å². The molecule has 1 aromatic rings. The lowest BCUT2D eigenvalue weighted by Gasteiger charge is -2.18. The van der Waals surface area contributed by atoms with Crippen molar-refractivity contribution in [2.75, 3.05) is 19.0 Å². The molecule has 5 nitrogen and oxygen atoms in total. The third kappa shape index (κ3) is 3.18. The van der Waals surface area contributed by atoms with Crippen molar-refractivity contribution in [1.82, 2.24) is 10.3 Å². The molecule has 2 unspecified atom stereocenters. The summed E-state index contributed by atoms with van der Waals surface area (Å²) in [5.74, 6) is -0.170. The van der Waals surface area contributed by atoms with Crippen molar-refractivity contribution in [1.29, 1.82) is 0 Å². The minimum atomic E-state index is -0.203.